The number of aromatic nitrogens is 2. The van der Waals surface area contributed by atoms with Crippen molar-refractivity contribution in [1.29, 1.82) is 0 Å². The number of piperazine rings is 1. The number of benzene rings is 1. The maximum absolute atomic E-state index is 12.6. The van der Waals surface area contributed by atoms with E-state index in [-0.39, 0.29) is 4.90 Å². The van der Waals surface area contributed by atoms with Crippen molar-refractivity contribution in [3.8, 4) is 0 Å². The van der Waals surface area contributed by atoms with Crippen LogP contribution in [0.4, 0.5) is 11.4 Å². The zero-order valence-electron chi connectivity index (χ0n) is 15.2. The number of aromatic amines is 1. The van der Waals surface area contributed by atoms with Gasteiger partial charge >= 0.3 is 0 Å². The molecule has 26 heavy (non-hydrogen) atoms. The van der Waals surface area contributed by atoms with Crippen LogP contribution in [0.2, 0.25) is 0 Å². The van der Waals surface area contributed by atoms with Crippen molar-refractivity contribution < 1.29 is 8.42 Å². The smallest absolute Gasteiger partial charge is 0.265 e. The number of rotatable bonds is 5. The number of nitrogens with one attached hydrogen (secondary N) is 2. The van der Waals surface area contributed by atoms with Gasteiger partial charge in [-0.3, -0.25) is 14.7 Å². The fourth-order valence-electron chi connectivity index (χ4n) is 3.67. The van der Waals surface area contributed by atoms with E-state index in [4.69, 9.17) is 0 Å². The highest BCUT2D eigenvalue weighted by Gasteiger charge is 2.31. The van der Waals surface area contributed by atoms with E-state index in [1.54, 1.807) is 13.8 Å². The molecule has 2 aliphatic rings. The summed E-state index contributed by atoms with van der Waals surface area (Å²) in [5.41, 5.74) is 2.71. The molecule has 2 fully saturated rings. The molecule has 2 aromatic rings. The zero-order chi connectivity index (χ0) is 18.3. The number of aryl methyl sites for hydroxylation is 2. The Morgan fingerprint density at radius 3 is 2.27 bits per heavy atom. The number of nitrogens with zero attached hydrogens (tertiary/aromatic N) is 3. The summed E-state index contributed by atoms with van der Waals surface area (Å²) in [6.45, 7) is 7.65. The Morgan fingerprint density at radius 1 is 1.08 bits per heavy atom. The van der Waals surface area contributed by atoms with Crippen molar-refractivity contribution in [2.75, 3.05) is 35.8 Å². The van der Waals surface area contributed by atoms with Gasteiger partial charge in [0.1, 0.15) is 4.90 Å². The molecule has 0 spiro atoms. The predicted octanol–water partition coefficient (Wildman–Crippen LogP) is 2.11. The lowest BCUT2D eigenvalue weighted by molar-refractivity contribution is 0.248. The number of anilines is 2. The van der Waals surface area contributed by atoms with Gasteiger partial charge in [-0.25, -0.2) is 8.42 Å². The van der Waals surface area contributed by atoms with E-state index in [1.165, 1.54) is 12.8 Å². The maximum Gasteiger partial charge on any atom is 0.265 e. The maximum atomic E-state index is 12.6. The van der Waals surface area contributed by atoms with Crippen LogP contribution in [0.1, 0.15) is 24.2 Å². The lowest BCUT2D eigenvalue weighted by Crippen LogP contribution is -2.47. The summed E-state index contributed by atoms with van der Waals surface area (Å²) in [5.74, 6) is 0. The largest absolute Gasteiger partial charge is 0.369 e. The van der Waals surface area contributed by atoms with Crippen molar-refractivity contribution in [2.45, 2.75) is 37.6 Å². The SMILES string of the molecule is Cc1n[nH]c(C)c1S(=O)(=O)Nc1ccc(N2CCN(C3CC3)CC2)cc1. The third-order valence-electron chi connectivity index (χ3n) is 5.19. The van der Waals surface area contributed by atoms with Crippen LogP contribution in [-0.2, 0) is 10.0 Å². The first-order valence-corrected chi connectivity index (χ1v) is 10.6. The molecule has 0 atom stereocenters. The molecule has 0 unspecified atom stereocenters. The normalized spacial score (nSPS) is 18.9. The molecule has 1 saturated carbocycles. The fraction of sp³-hybridized carbons (Fsp3) is 0.500. The first-order valence-electron chi connectivity index (χ1n) is 9.07. The van der Waals surface area contributed by atoms with Crippen LogP contribution in [0, 0.1) is 13.8 Å². The first-order chi connectivity index (χ1) is 12.4. The van der Waals surface area contributed by atoms with E-state index in [0.717, 1.165) is 37.9 Å². The summed E-state index contributed by atoms with van der Waals surface area (Å²) >= 11 is 0. The molecule has 7 nitrogen and oxygen atoms in total. The fourth-order valence-corrected chi connectivity index (χ4v) is 5.10. The second kappa shape index (κ2) is 6.59. The van der Waals surface area contributed by atoms with Gasteiger partial charge in [-0.1, -0.05) is 0 Å². The molecule has 1 saturated heterocycles. The highest BCUT2D eigenvalue weighted by atomic mass is 32.2. The summed E-state index contributed by atoms with van der Waals surface area (Å²) in [6.07, 6.45) is 2.70. The van der Waals surface area contributed by atoms with Gasteiger partial charge in [0.05, 0.1) is 11.4 Å². The van der Waals surface area contributed by atoms with Crippen LogP contribution >= 0.6 is 0 Å². The van der Waals surface area contributed by atoms with Gasteiger partial charge in [0.25, 0.3) is 10.0 Å². The highest BCUT2D eigenvalue weighted by Crippen LogP contribution is 2.29. The zero-order valence-corrected chi connectivity index (χ0v) is 16.0. The molecule has 140 valence electrons. The van der Waals surface area contributed by atoms with E-state index in [1.807, 2.05) is 24.3 Å². The van der Waals surface area contributed by atoms with Crippen molar-refractivity contribution in [3.05, 3.63) is 35.7 Å². The quantitative estimate of drug-likeness (QED) is 0.837. The molecule has 8 heteroatoms. The predicted molar refractivity (Wildman–Crippen MR) is 102 cm³/mol. The molecule has 1 aliphatic heterocycles. The first kappa shape index (κ1) is 17.4. The van der Waals surface area contributed by atoms with Gasteiger partial charge in [-0.15, -0.1) is 0 Å². The van der Waals surface area contributed by atoms with Gasteiger partial charge in [-0.05, 0) is 51.0 Å². The summed E-state index contributed by atoms with van der Waals surface area (Å²) in [7, 11) is -3.64. The molecule has 0 bridgehead atoms. The van der Waals surface area contributed by atoms with Crippen LogP contribution in [0.5, 0.6) is 0 Å². The monoisotopic (exact) mass is 375 g/mol. The standard InChI is InChI=1S/C18H25N5O2S/c1-13-18(14(2)20-19-13)26(24,25)21-15-3-5-16(6-4-15)22-9-11-23(12-10-22)17-7-8-17/h3-6,17,21H,7-12H2,1-2H3,(H,19,20). The van der Waals surface area contributed by atoms with E-state index in [2.05, 4.69) is 24.7 Å². The Hall–Kier alpha value is -2.06. The van der Waals surface area contributed by atoms with Crippen LogP contribution in [0.3, 0.4) is 0 Å². The second-order valence-corrected chi connectivity index (χ2v) is 8.79. The van der Waals surface area contributed by atoms with E-state index in [9.17, 15) is 8.42 Å². The van der Waals surface area contributed by atoms with Gasteiger partial charge in [0.2, 0.25) is 0 Å². The summed E-state index contributed by atoms with van der Waals surface area (Å²) in [6, 6.07) is 8.44. The van der Waals surface area contributed by atoms with Crippen molar-refractivity contribution in [1.82, 2.24) is 15.1 Å². The second-order valence-electron chi connectivity index (χ2n) is 7.17. The lowest BCUT2D eigenvalue weighted by atomic mass is 10.2. The molecule has 0 radical (unpaired) electrons. The number of hydrogen-bond donors (Lipinski definition) is 2. The van der Waals surface area contributed by atoms with Crippen LogP contribution < -0.4 is 9.62 Å². The lowest BCUT2D eigenvalue weighted by Gasteiger charge is -2.36. The average molecular weight is 375 g/mol. The Kier molecular flexibility index (Phi) is 4.40. The van der Waals surface area contributed by atoms with E-state index < -0.39 is 10.0 Å². The molecule has 2 N–H and O–H groups in total. The topological polar surface area (TPSA) is 81.3 Å². The van der Waals surface area contributed by atoms with Crippen LogP contribution in [0.25, 0.3) is 0 Å². The van der Waals surface area contributed by atoms with Crippen LogP contribution in [0.15, 0.2) is 29.2 Å². The number of hydrogen-bond acceptors (Lipinski definition) is 5. The van der Waals surface area contributed by atoms with E-state index in [0.29, 0.717) is 17.1 Å². The average Bonchev–Trinajstić information content (AvgIpc) is 3.40. The minimum atomic E-state index is -3.64. The molecule has 1 aromatic heterocycles. The van der Waals surface area contributed by atoms with Crippen molar-refractivity contribution >= 4 is 21.4 Å². The Balaban J connectivity index is 1.43. The molecular formula is C18H25N5O2S. The van der Waals surface area contributed by atoms with Crippen molar-refractivity contribution in [2.24, 2.45) is 0 Å². The molecule has 1 aliphatic carbocycles. The third kappa shape index (κ3) is 3.43. The summed E-state index contributed by atoms with van der Waals surface area (Å²) in [5, 5.41) is 6.68. The molecule has 2 heterocycles. The van der Waals surface area contributed by atoms with Gasteiger partial charge < -0.3 is 4.90 Å². The van der Waals surface area contributed by atoms with Gasteiger partial charge in [0.15, 0.2) is 0 Å². The summed E-state index contributed by atoms with van der Waals surface area (Å²) in [4.78, 5) is 5.16. The van der Waals surface area contributed by atoms with Crippen molar-refractivity contribution in [3.63, 3.8) is 0 Å². The van der Waals surface area contributed by atoms with Crippen LogP contribution in [-0.4, -0.2) is 55.7 Å². The number of H-pyrrole nitrogens is 1. The minimum absolute atomic E-state index is 0.220. The minimum Gasteiger partial charge on any atom is -0.369 e. The highest BCUT2D eigenvalue weighted by molar-refractivity contribution is 7.92. The summed E-state index contributed by atoms with van der Waals surface area (Å²) < 4.78 is 27.9. The molecule has 0 amide bonds. The van der Waals surface area contributed by atoms with Gasteiger partial charge in [-0.2, -0.15) is 5.10 Å². The van der Waals surface area contributed by atoms with Gasteiger partial charge in [0, 0.05) is 43.6 Å². The molecular weight excluding hydrogens is 350 g/mol. The third-order valence-corrected chi connectivity index (χ3v) is 6.83. The Morgan fingerprint density at radius 2 is 1.73 bits per heavy atom. The van der Waals surface area contributed by atoms with E-state index >= 15 is 0 Å². The number of sulfonamides is 1. The molecule has 1 aromatic carbocycles. The molecule has 4 rings (SSSR count). The Bertz CT molecular complexity index is 859. The Labute approximate surface area is 154 Å².